The van der Waals surface area contributed by atoms with Gasteiger partial charge in [0.25, 0.3) is 0 Å². The van der Waals surface area contributed by atoms with Crippen LogP contribution in [0.3, 0.4) is 0 Å². The van der Waals surface area contributed by atoms with Crippen LogP contribution in [0.15, 0.2) is 48.7 Å². The molecule has 180 valence electrons. The largest absolute Gasteiger partial charge is 0.454 e. The Morgan fingerprint density at radius 3 is 2.76 bits per heavy atom. The minimum atomic E-state index is -0.0774. The highest BCUT2D eigenvalue weighted by molar-refractivity contribution is 5.86. The Morgan fingerprint density at radius 1 is 1.09 bits per heavy atom. The number of ether oxygens (including phenoxy) is 3. The lowest BCUT2D eigenvalue weighted by molar-refractivity contribution is -0.121. The van der Waals surface area contributed by atoms with Crippen LogP contribution in [0.5, 0.6) is 11.5 Å². The van der Waals surface area contributed by atoms with Crippen molar-refractivity contribution < 1.29 is 19.0 Å². The number of aromatic nitrogens is 1. The number of benzene rings is 2. The molecule has 0 unspecified atom stereocenters. The van der Waals surface area contributed by atoms with Crippen molar-refractivity contribution in [3.05, 3.63) is 59.8 Å². The van der Waals surface area contributed by atoms with Crippen LogP contribution >= 0.6 is 0 Å². The number of fused-ring (bicyclic) bond motifs is 2. The number of morpholine rings is 1. The first-order chi connectivity index (χ1) is 16.7. The number of hydrogen-bond acceptors (Lipinski definition) is 5. The van der Waals surface area contributed by atoms with Crippen molar-refractivity contribution in [2.45, 2.75) is 32.2 Å². The molecular formula is C27H33N3O4. The number of rotatable bonds is 9. The summed E-state index contributed by atoms with van der Waals surface area (Å²) in [6.45, 7) is 8.48. The smallest absolute Gasteiger partial charge is 0.231 e. The number of carbonyl (C=O) groups excluding carboxylic acids is 1. The highest BCUT2D eigenvalue weighted by Crippen LogP contribution is 2.40. The summed E-state index contributed by atoms with van der Waals surface area (Å²) >= 11 is 0. The molecule has 1 saturated heterocycles. The molecule has 0 spiro atoms. The summed E-state index contributed by atoms with van der Waals surface area (Å²) in [6.07, 6.45) is 3.52. The fraction of sp³-hybridized carbons (Fsp3) is 0.444. The van der Waals surface area contributed by atoms with Crippen LogP contribution in [0.1, 0.15) is 36.8 Å². The average molecular weight is 464 g/mol. The van der Waals surface area contributed by atoms with Crippen LogP contribution in [0.25, 0.3) is 10.9 Å². The van der Waals surface area contributed by atoms with Gasteiger partial charge in [0.2, 0.25) is 12.7 Å². The molecule has 0 saturated carbocycles. The first kappa shape index (κ1) is 22.7. The van der Waals surface area contributed by atoms with Gasteiger partial charge in [-0.25, -0.2) is 0 Å². The standard InChI is InChI=1S/C27H33N3O4/c1-2-30-18-23(21-6-3-4-7-24(21)30)22(20-8-9-25-26(16-20)34-19-33-25)17-27(31)28-10-5-11-29-12-14-32-15-13-29/h3-4,6-9,16,18,22H,2,5,10-15,17,19H2,1H3,(H,28,31)/t22-/m1/s1. The maximum Gasteiger partial charge on any atom is 0.231 e. The van der Waals surface area contributed by atoms with E-state index in [0.717, 1.165) is 62.9 Å². The molecule has 3 aromatic rings. The van der Waals surface area contributed by atoms with Gasteiger partial charge in [-0.3, -0.25) is 9.69 Å². The van der Waals surface area contributed by atoms with Gasteiger partial charge in [0.05, 0.1) is 13.2 Å². The van der Waals surface area contributed by atoms with Crippen LogP contribution in [-0.2, 0) is 16.1 Å². The number of carbonyl (C=O) groups is 1. The Morgan fingerprint density at radius 2 is 1.91 bits per heavy atom. The van der Waals surface area contributed by atoms with Crippen molar-refractivity contribution in [3.63, 3.8) is 0 Å². The second kappa shape index (κ2) is 10.5. The van der Waals surface area contributed by atoms with E-state index in [1.807, 2.05) is 12.1 Å². The van der Waals surface area contributed by atoms with Crippen LogP contribution < -0.4 is 14.8 Å². The highest BCUT2D eigenvalue weighted by Gasteiger charge is 2.25. The Kier molecular flexibility index (Phi) is 7.02. The minimum Gasteiger partial charge on any atom is -0.454 e. The number of para-hydroxylation sites is 1. The van der Waals surface area contributed by atoms with Gasteiger partial charge in [-0.15, -0.1) is 0 Å². The van der Waals surface area contributed by atoms with Gasteiger partial charge in [-0.2, -0.15) is 0 Å². The maximum atomic E-state index is 13.1. The SMILES string of the molecule is CCn1cc([C@H](CC(=O)NCCCN2CCOCC2)c2ccc3c(c2)OCO3)c2ccccc21. The normalized spacial score (nSPS) is 16.6. The molecule has 2 aromatic carbocycles. The van der Waals surface area contributed by atoms with E-state index >= 15 is 0 Å². The van der Waals surface area contributed by atoms with Crippen molar-refractivity contribution in [2.24, 2.45) is 0 Å². The van der Waals surface area contributed by atoms with Crippen LogP contribution in [0.2, 0.25) is 0 Å². The minimum absolute atomic E-state index is 0.0676. The van der Waals surface area contributed by atoms with Crippen molar-refractivity contribution in [1.82, 2.24) is 14.8 Å². The Labute approximate surface area is 200 Å². The number of nitrogens with zero attached hydrogens (tertiary/aromatic N) is 2. The Balaban J connectivity index is 1.34. The van der Waals surface area contributed by atoms with Crippen LogP contribution in [0.4, 0.5) is 0 Å². The summed E-state index contributed by atoms with van der Waals surface area (Å²) < 4.78 is 18.8. The van der Waals surface area contributed by atoms with Crippen molar-refractivity contribution in [3.8, 4) is 11.5 Å². The molecule has 7 heteroatoms. The zero-order valence-corrected chi connectivity index (χ0v) is 19.8. The second-order valence-electron chi connectivity index (χ2n) is 8.91. The first-order valence-corrected chi connectivity index (χ1v) is 12.3. The molecule has 34 heavy (non-hydrogen) atoms. The molecule has 7 nitrogen and oxygen atoms in total. The molecule has 1 aromatic heterocycles. The number of nitrogens with one attached hydrogen (secondary N) is 1. The maximum absolute atomic E-state index is 13.1. The predicted molar refractivity (Wildman–Crippen MR) is 132 cm³/mol. The van der Waals surface area contributed by atoms with Gasteiger partial charge in [0.1, 0.15) is 0 Å². The number of aryl methyl sites for hydroxylation is 1. The lowest BCUT2D eigenvalue weighted by atomic mass is 9.87. The first-order valence-electron chi connectivity index (χ1n) is 12.3. The topological polar surface area (TPSA) is 65.0 Å². The summed E-state index contributed by atoms with van der Waals surface area (Å²) in [4.78, 5) is 15.5. The molecule has 0 bridgehead atoms. The van der Waals surface area contributed by atoms with Gasteiger partial charge in [0, 0.05) is 55.6 Å². The third-order valence-corrected chi connectivity index (χ3v) is 6.80. The predicted octanol–water partition coefficient (Wildman–Crippen LogP) is 3.75. The summed E-state index contributed by atoms with van der Waals surface area (Å²) in [5.74, 6) is 1.49. The molecule has 1 atom stereocenters. The quantitative estimate of drug-likeness (QED) is 0.490. The molecule has 1 N–H and O–H groups in total. The lowest BCUT2D eigenvalue weighted by Gasteiger charge is -2.26. The van der Waals surface area contributed by atoms with E-state index in [-0.39, 0.29) is 18.6 Å². The molecule has 1 fully saturated rings. The van der Waals surface area contributed by atoms with Crippen molar-refractivity contribution >= 4 is 16.8 Å². The molecule has 1 amide bonds. The number of amides is 1. The summed E-state index contributed by atoms with van der Waals surface area (Å²) in [7, 11) is 0. The molecular weight excluding hydrogens is 430 g/mol. The van der Waals surface area contributed by atoms with Gasteiger partial charge >= 0.3 is 0 Å². The third-order valence-electron chi connectivity index (χ3n) is 6.80. The van der Waals surface area contributed by atoms with Gasteiger partial charge in [-0.1, -0.05) is 24.3 Å². The molecule has 2 aliphatic heterocycles. The summed E-state index contributed by atoms with van der Waals surface area (Å²) in [5.41, 5.74) is 3.42. The lowest BCUT2D eigenvalue weighted by Crippen LogP contribution is -2.38. The van der Waals surface area contributed by atoms with Gasteiger partial charge in [-0.05, 0) is 49.2 Å². The van der Waals surface area contributed by atoms with Gasteiger partial charge < -0.3 is 24.1 Å². The second-order valence-corrected chi connectivity index (χ2v) is 8.91. The van der Waals surface area contributed by atoms with E-state index in [0.29, 0.717) is 13.0 Å². The zero-order chi connectivity index (χ0) is 23.3. The third kappa shape index (κ3) is 4.91. The fourth-order valence-corrected chi connectivity index (χ4v) is 4.96. The van der Waals surface area contributed by atoms with E-state index in [9.17, 15) is 4.79 Å². The molecule has 5 rings (SSSR count). The Bertz CT molecular complexity index is 1140. The molecule has 2 aliphatic rings. The van der Waals surface area contributed by atoms with E-state index in [2.05, 4.69) is 58.2 Å². The highest BCUT2D eigenvalue weighted by atomic mass is 16.7. The summed E-state index contributed by atoms with van der Waals surface area (Å²) in [6, 6.07) is 14.5. The monoisotopic (exact) mass is 463 g/mol. The molecule has 3 heterocycles. The van der Waals surface area contributed by atoms with E-state index in [1.165, 1.54) is 16.5 Å². The Hall–Kier alpha value is -3.03. The van der Waals surface area contributed by atoms with Crippen LogP contribution in [0, 0.1) is 0 Å². The van der Waals surface area contributed by atoms with Gasteiger partial charge in [0.15, 0.2) is 11.5 Å². The van der Waals surface area contributed by atoms with Crippen molar-refractivity contribution in [1.29, 1.82) is 0 Å². The van der Waals surface area contributed by atoms with Crippen molar-refractivity contribution in [2.75, 3.05) is 46.2 Å². The van der Waals surface area contributed by atoms with Crippen LogP contribution in [-0.4, -0.2) is 61.6 Å². The van der Waals surface area contributed by atoms with E-state index in [4.69, 9.17) is 14.2 Å². The van der Waals surface area contributed by atoms with E-state index in [1.54, 1.807) is 0 Å². The summed E-state index contributed by atoms with van der Waals surface area (Å²) in [5, 5.41) is 4.34. The zero-order valence-electron chi connectivity index (χ0n) is 19.8. The number of hydrogen-bond donors (Lipinski definition) is 1. The average Bonchev–Trinajstić information content (AvgIpc) is 3.50. The molecule has 0 radical (unpaired) electrons. The van der Waals surface area contributed by atoms with E-state index < -0.39 is 0 Å². The molecule has 0 aliphatic carbocycles. The fourth-order valence-electron chi connectivity index (χ4n) is 4.96.